The Bertz CT molecular complexity index is 501. The summed E-state index contributed by atoms with van der Waals surface area (Å²) in [7, 11) is 1.83. The molecule has 1 aliphatic heterocycles. The summed E-state index contributed by atoms with van der Waals surface area (Å²) in [6, 6.07) is -0.450. The Morgan fingerprint density at radius 3 is 2.63 bits per heavy atom. The van der Waals surface area contributed by atoms with Gasteiger partial charge in [0.1, 0.15) is 6.04 Å². The van der Waals surface area contributed by atoms with E-state index in [1.807, 2.05) is 34.0 Å². The van der Waals surface area contributed by atoms with E-state index in [-0.39, 0.29) is 23.8 Å². The van der Waals surface area contributed by atoms with Gasteiger partial charge in [0.15, 0.2) is 0 Å². The van der Waals surface area contributed by atoms with Crippen molar-refractivity contribution in [1.82, 2.24) is 20.0 Å². The Balaban J connectivity index is 2.27. The van der Waals surface area contributed by atoms with Gasteiger partial charge in [0, 0.05) is 25.4 Å². The zero-order valence-electron chi connectivity index (χ0n) is 11.8. The lowest BCUT2D eigenvalue weighted by molar-refractivity contribution is -0.150. The number of nitrogens with one attached hydrogen (secondary N) is 1. The molecule has 6 heteroatoms. The highest BCUT2D eigenvalue weighted by molar-refractivity contribution is 5.95. The third-order valence-electron chi connectivity index (χ3n) is 3.23. The molecule has 0 aliphatic carbocycles. The van der Waals surface area contributed by atoms with E-state index in [2.05, 4.69) is 10.4 Å². The van der Waals surface area contributed by atoms with Crippen LogP contribution in [0.25, 0.3) is 0 Å². The minimum Gasteiger partial charge on any atom is -0.345 e. The first-order chi connectivity index (χ1) is 8.79. The molecule has 0 saturated carbocycles. The van der Waals surface area contributed by atoms with Gasteiger partial charge in [-0.15, -0.1) is 0 Å². The fourth-order valence-electron chi connectivity index (χ4n) is 2.44. The fourth-order valence-corrected chi connectivity index (χ4v) is 2.44. The van der Waals surface area contributed by atoms with Crippen LogP contribution in [0.1, 0.15) is 26.3 Å². The molecule has 1 N–H and O–H groups in total. The number of carbonyl (C=O) groups is 2. The molecule has 1 saturated heterocycles. The van der Waals surface area contributed by atoms with E-state index in [4.69, 9.17) is 0 Å². The molecule has 0 spiro atoms. The summed E-state index contributed by atoms with van der Waals surface area (Å²) >= 11 is 0. The van der Waals surface area contributed by atoms with Crippen LogP contribution in [0.3, 0.4) is 0 Å². The molecule has 1 aliphatic rings. The van der Waals surface area contributed by atoms with Crippen molar-refractivity contribution >= 4 is 11.8 Å². The second kappa shape index (κ2) is 4.68. The zero-order chi connectivity index (χ0) is 14.2. The van der Waals surface area contributed by atoms with Gasteiger partial charge in [0.05, 0.1) is 12.7 Å². The number of rotatable bonds is 2. The van der Waals surface area contributed by atoms with Crippen LogP contribution in [0, 0.1) is 5.41 Å². The summed E-state index contributed by atoms with van der Waals surface area (Å²) in [6.45, 7) is 6.39. The van der Waals surface area contributed by atoms with Crippen LogP contribution in [0.5, 0.6) is 0 Å². The number of piperazine rings is 1. The third kappa shape index (κ3) is 2.77. The normalized spacial score (nSPS) is 20.6. The molecule has 1 fully saturated rings. The Labute approximate surface area is 112 Å². The Morgan fingerprint density at radius 1 is 1.42 bits per heavy atom. The molecule has 2 heterocycles. The summed E-state index contributed by atoms with van der Waals surface area (Å²) in [4.78, 5) is 25.8. The van der Waals surface area contributed by atoms with Crippen molar-refractivity contribution in [1.29, 1.82) is 0 Å². The van der Waals surface area contributed by atoms with Crippen molar-refractivity contribution in [3.05, 3.63) is 18.0 Å². The average molecular weight is 264 g/mol. The maximum Gasteiger partial charge on any atom is 0.243 e. The summed E-state index contributed by atoms with van der Waals surface area (Å²) in [5.74, 6) is -0.139. The number of amides is 2. The number of carbonyl (C=O) groups excluding carboxylic acids is 2. The summed E-state index contributed by atoms with van der Waals surface area (Å²) in [5, 5.41) is 6.75. The first-order valence-corrected chi connectivity index (χ1v) is 6.34. The number of hydrogen-bond acceptors (Lipinski definition) is 3. The molecule has 1 aromatic rings. The predicted molar refractivity (Wildman–Crippen MR) is 70.0 cm³/mol. The molecule has 0 radical (unpaired) electrons. The minimum atomic E-state index is -0.450. The van der Waals surface area contributed by atoms with Crippen molar-refractivity contribution in [2.45, 2.75) is 33.4 Å². The lowest BCUT2D eigenvalue weighted by Gasteiger charge is -2.41. The fraction of sp³-hybridized carbons (Fsp3) is 0.615. The molecule has 2 amide bonds. The Hall–Kier alpha value is -1.85. The van der Waals surface area contributed by atoms with E-state index >= 15 is 0 Å². The van der Waals surface area contributed by atoms with E-state index in [9.17, 15) is 9.59 Å². The van der Waals surface area contributed by atoms with Crippen molar-refractivity contribution in [3.8, 4) is 0 Å². The number of aryl methyl sites for hydroxylation is 1. The predicted octanol–water partition coefficient (Wildman–Crippen LogP) is 0.293. The van der Waals surface area contributed by atoms with Gasteiger partial charge in [-0.25, -0.2) is 0 Å². The van der Waals surface area contributed by atoms with E-state index in [0.717, 1.165) is 5.56 Å². The smallest absolute Gasteiger partial charge is 0.243 e. The maximum atomic E-state index is 12.1. The van der Waals surface area contributed by atoms with Gasteiger partial charge in [-0.1, -0.05) is 20.8 Å². The van der Waals surface area contributed by atoms with Gasteiger partial charge in [-0.05, 0) is 5.41 Å². The summed E-state index contributed by atoms with van der Waals surface area (Å²) in [5.41, 5.74) is 0.627. The second-order valence-electron chi connectivity index (χ2n) is 6.03. The van der Waals surface area contributed by atoms with Gasteiger partial charge < -0.3 is 10.2 Å². The van der Waals surface area contributed by atoms with E-state index < -0.39 is 6.04 Å². The highest BCUT2D eigenvalue weighted by Gasteiger charge is 2.42. The second-order valence-corrected chi connectivity index (χ2v) is 6.03. The molecule has 0 aromatic carbocycles. The van der Waals surface area contributed by atoms with Crippen LogP contribution in [0.15, 0.2) is 12.4 Å². The van der Waals surface area contributed by atoms with Gasteiger partial charge in [-0.2, -0.15) is 5.10 Å². The van der Waals surface area contributed by atoms with Gasteiger partial charge in [0.2, 0.25) is 11.8 Å². The van der Waals surface area contributed by atoms with Crippen LogP contribution >= 0.6 is 0 Å². The van der Waals surface area contributed by atoms with Crippen molar-refractivity contribution in [2.24, 2.45) is 12.5 Å². The van der Waals surface area contributed by atoms with Crippen LogP contribution in [-0.2, 0) is 23.2 Å². The van der Waals surface area contributed by atoms with E-state index in [1.165, 1.54) is 0 Å². The number of nitrogens with zero attached hydrogens (tertiary/aromatic N) is 3. The SMILES string of the molecule is Cn1cc(CN2C(=O)CNC(=O)C2C(C)(C)C)cn1. The van der Waals surface area contributed by atoms with Crippen molar-refractivity contribution in [3.63, 3.8) is 0 Å². The lowest BCUT2D eigenvalue weighted by Crippen LogP contribution is -2.62. The van der Waals surface area contributed by atoms with Gasteiger partial charge >= 0.3 is 0 Å². The Morgan fingerprint density at radius 2 is 2.11 bits per heavy atom. The number of hydrogen-bond donors (Lipinski definition) is 1. The molecule has 19 heavy (non-hydrogen) atoms. The van der Waals surface area contributed by atoms with Crippen LogP contribution in [-0.4, -0.2) is 39.1 Å². The molecule has 0 bridgehead atoms. The van der Waals surface area contributed by atoms with E-state index in [0.29, 0.717) is 6.54 Å². The molecule has 6 nitrogen and oxygen atoms in total. The van der Waals surface area contributed by atoms with Crippen molar-refractivity contribution in [2.75, 3.05) is 6.54 Å². The van der Waals surface area contributed by atoms with Gasteiger partial charge in [0.25, 0.3) is 0 Å². The minimum absolute atomic E-state index is 0.0524. The third-order valence-corrected chi connectivity index (χ3v) is 3.23. The van der Waals surface area contributed by atoms with E-state index in [1.54, 1.807) is 15.8 Å². The summed E-state index contributed by atoms with van der Waals surface area (Å²) in [6.07, 6.45) is 3.58. The van der Waals surface area contributed by atoms with Crippen LogP contribution < -0.4 is 5.32 Å². The lowest BCUT2D eigenvalue weighted by atomic mass is 9.83. The standard InChI is InChI=1S/C13H20N4O2/c1-13(2,3)11-12(19)14-6-10(18)17(11)8-9-5-15-16(4)7-9/h5,7,11H,6,8H2,1-4H3,(H,14,19). The molecule has 2 rings (SSSR count). The average Bonchev–Trinajstić information content (AvgIpc) is 2.68. The van der Waals surface area contributed by atoms with Crippen LogP contribution in [0.2, 0.25) is 0 Å². The van der Waals surface area contributed by atoms with Crippen LogP contribution in [0.4, 0.5) is 0 Å². The topological polar surface area (TPSA) is 67.2 Å². The molecule has 1 atom stereocenters. The first kappa shape index (κ1) is 13.6. The highest BCUT2D eigenvalue weighted by Crippen LogP contribution is 2.27. The summed E-state index contributed by atoms with van der Waals surface area (Å²) < 4.78 is 1.69. The molecule has 1 unspecified atom stereocenters. The zero-order valence-corrected chi connectivity index (χ0v) is 11.8. The molecular weight excluding hydrogens is 244 g/mol. The molecule has 104 valence electrons. The van der Waals surface area contributed by atoms with Gasteiger partial charge in [-0.3, -0.25) is 14.3 Å². The monoisotopic (exact) mass is 264 g/mol. The quantitative estimate of drug-likeness (QED) is 0.835. The molecular formula is C13H20N4O2. The largest absolute Gasteiger partial charge is 0.345 e. The highest BCUT2D eigenvalue weighted by atomic mass is 16.2. The number of aromatic nitrogens is 2. The molecule has 1 aromatic heterocycles. The maximum absolute atomic E-state index is 12.1. The Kier molecular flexibility index (Phi) is 3.34. The van der Waals surface area contributed by atoms with Crippen molar-refractivity contribution < 1.29 is 9.59 Å². The first-order valence-electron chi connectivity index (χ1n) is 6.34.